The molecule has 0 unspecified atom stereocenters. The highest BCUT2D eigenvalue weighted by Gasteiger charge is 2.23. The number of nitriles is 1. The lowest BCUT2D eigenvalue weighted by atomic mass is 10.1. The zero-order valence-corrected chi connectivity index (χ0v) is 11.8. The van der Waals surface area contributed by atoms with Crippen LogP contribution in [0.15, 0.2) is 53.6 Å². The zero-order chi connectivity index (χ0) is 15.3. The first-order chi connectivity index (χ1) is 10.1. The molecule has 2 N–H and O–H groups in total. The average molecular weight is 303 g/mol. The SMILES string of the molecule is N#Cc1ncccc1S(=O)(=O)N[C@H](CO)c1ccccc1. The van der Waals surface area contributed by atoms with Crippen molar-refractivity contribution in [3.63, 3.8) is 0 Å². The van der Waals surface area contributed by atoms with Crippen molar-refractivity contribution >= 4 is 10.0 Å². The third-order valence-electron chi connectivity index (χ3n) is 2.85. The Kier molecular flexibility index (Phi) is 4.65. The van der Waals surface area contributed by atoms with Gasteiger partial charge in [0.25, 0.3) is 0 Å². The van der Waals surface area contributed by atoms with Gasteiger partial charge in [-0.2, -0.15) is 5.26 Å². The molecule has 0 bridgehead atoms. The maximum Gasteiger partial charge on any atom is 0.244 e. The van der Waals surface area contributed by atoms with E-state index in [1.54, 1.807) is 36.4 Å². The van der Waals surface area contributed by atoms with Crippen LogP contribution in [-0.4, -0.2) is 25.1 Å². The molecule has 0 radical (unpaired) electrons. The third kappa shape index (κ3) is 3.44. The monoisotopic (exact) mass is 303 g/mol. The number of hydrogen-bond donors (Lipinski definition) is 2. The highest BCUT2D eigenvalue weighted by atomic mass is 32.2. The first-order valence-corrected chi connectivity index (χ1v) is 7.60. The fraction of sp³-hybridized carbons (Fsp3) is 0.143. The highest BCUT2D eigenvalue weighted by Crippen LogP contribution is 2.18. The van der Waals surface area contributed by atoms with Gasteiger partial charge in [0, 0.05) is 6.20 Å². The topological polar surface area (TPSA) is 103 Å². The molecule has 1 aromatic heterocycles. The Morgan fingerprint density at radius 1 is 1.24 bits per heavy atom. The lowest BCUT2D eigenvalue weighted by Gasteiger charge is -2.17. The molecular weight excluding hydrogens is 290 g/mol. The summed E-state index contributed by atoms with van der Waals surface area (Å²) in [7, 11) is -3.96. The molecule has 0 spiro atoms. The van der Waals surface area contributed by atoms with Crippen LogP contribution in [0.25, 0.3) is 0 Å². The van der Waals surface area contributed by atoms with Crippen molar-refractivity contribution in [3.05, 3.63) is 59.9 Å². The maximum absolute atomic E-state index is 12.3. The molecule has 21 heavy (non-hydrogen) atoms. The number of aromatic nitrogens is 1. The molecule has 2 rings (SSSR count). The van der Waals surface area contributed by atoms with E-state index in [1.165, 1.54) is 18.3 Å². The van der Waals surface area contributed by atoms with Gasteiger partial charge >= 0.3 is 0 Å². The van der Waals surface area contributed by atoms with Crippen molar-refractivity contribution < 1.29 is 13.5 Å². The molecule has 0 saturated heterocycles. The van der Waals surface area contributed by atoms with E-state index in [0.29, 0.717) is 5.56 Å². The number of nitrogens with one attached hydrogen (secondary N) is 1. The predicted molar refractivity (Wildman–Crippen MR) is 75.5 cm³/mol. The molecule has 6 nitrogen and oxygen atoms in total. The molecule has 1 heterocycles. The molecule has 1 atom stereocenters. The maximum atomic E-state index is 12.3. The molecule has 2 aromatic rings. The number of benzene rings is 1. The molecule has 0 fully saturated rings. The fourth-order valence-corrected chi connectivity index (χ4v) is 3.16. The first kappa shape index (κ1) is 15.1. The van der Waals surface area contributed by atoms with Crippen molar-refractivity contribution in [2.75, 3.05) is 6.61 Å². The second kappa shape index (κ2) is 6.45. The van der Waals surface area contributed by atoms with E-state index in [2.05, 4.69) is 9.71 Å². The van der Waals surface area contributed by atoms with Crippen LogP contribution in [0.4, 0.5) is 0 Å². The fourth-order valence-electron chi connectivity index (χ4n) is 1.84. The zero-order valence-electron chi connectivity index (χ0n) is 11.0. The molecule has 0 amide bonds. The minimum atomic E-state index is -3.96. The summed E-state index contributed by atoms with van der Waals surface area (Å²) in [6.07, 6.45) is 1.35. The van der Waals surface area contributed by atoms with Crippen molar-refractivity contribution in [2.24, 2.45) is 0 Å². The summed E-state index contributed by atoms with van der Waals surface area (Å²) in [5.74, 6) is 0. The quantitative estimate of drug-likeness (QED) is 0.856. The third-order valence-corrected chi connectivity index (χ3v) is 4.35. The van der Waals surface area contributed by atoms with Crippen molar-refractivity contribution in [2.45, 2.75) is 10.9 Å². The van der Waals surface area contributed by atoms with Crippen molar-refractivity contribution in [3.8, 4) is 6.07 Å². The van der Waals surface area contributed by atoms with Crippen LogP contribution < -0.4 is 4.72 Å². The second-order valence-corrected chi connectivity index (χ2v) is 5.91. The Morgan fingerprint density at radius 2 is 1.95 bits per heavy atom. The lowest BCUT2D eigenvalue weighted by Crippen LogP contribution is -2.31. The van der Waals surface area contributed by atoms with Crippen molar-refractivity contribution in [1.82, 2.24) is 9.71 Å². The smallest absolute Gasteiger partial charge is 0.244 e. The van der Waals surface area contributed by atoms with E-state index >= 15 is 0 Å². The van der Waals surface area contributed by atoms with Crippen LogP contribution in [0, 0.1) is 11.3 Å². The van der Waals surface area contributed by atoms with Gasteiger partial charge in [-0.05, 0) is 17.7 Å². The average Bonchev–Trinajstić information content (AvgIpc) is 2.53. The van der Waals surface area contributed by atoms with E-state index in [0.717, 1.165) is 0 Å². The van der Waals surface area contributed by atoms with Gasteiger partial charge in [0.1, 0.15) is 11.0 Å². The van der Waals surface area contributed by atoms with E-state index in [4.69, 9.17) is 5.26 Å². The van der Waals surface area contributed by atoms with Crippen molar-refractivity contribution in [1.29, 1.82) is 5.26 Å². The Morgan fingerprint density at radius 3 is 2.57 bits per heavy atom. The number of rotatable bonds is 5. The summed E-state index contributed by atoms with van der Waals surface area (Å²) in [6, 6.07) is 12.4. The van der Waals surface area contributed by atoms with Crippen LogP contribution in [0.2, 0.25) is 0 Å². The minimum Gasteiger partial charge on any atom is -0.394 e. The molecule has 108 valence electrons. The van der Waals surface area contributed by atoms with Gasteiger partial charge in [0.2, 0.25) is 10.0 Å². The first-order valence-electron chi connectivity index (χ1n) is 6.11. The second-order valence-electron chi connectivity index (χ2n) is 4.23. The largest absolute Gasteiger partial charge is 0.394 e. The van der Waals surface area contributed by atoms with Gasteiger partial charge in [-0.25, -0.2) is 18.1 Å². The van der Waals surface area contributed by atoms with E-state index in [9.17, 15) is 13.5 Å². The summed E-state index contributed by atoms with van der Waals surface area (Å²) in [5.41, 5.74) is 0.445. The van der Waals surface area contributed by atoms with Crippen LogP contribution >= 0.6 is 0 Å². The summed E-state index contributed by atoms with van der Waals surface area (Å²) in [4.78, 5) is 3.52. The van der Waals surface area contributed by atoms with Gasteiger partial charge in [0.15, 0.2) is 5.69 Å². The van der Waals surface area contributed by atoms with Gasteiger partial charge in [0.05, 0.1) is 12.6 Å². The predicted octanol–water partition coefficient (Wildman–Crippen LogP) is 0.965. The van der Waals surface area contributed by atoms with E-state index in [1.807, 2.05) is 0 Å². The van der Waals surface area contributed by atoms with Crippen LogP contribution in [0.3, 0.4) is 0 Å². The molecule has 0 saturated carbocycles. The highest BCUT2D eigenvalue weighted by molar-refractivity contribution is 7.89. The number of pyridine rings is 1. The minimum absolute atomic E-state index is 0.185. The molecular formula is C14H13N3O3S. The van der Waals surface area contributed by atoms with Crippen LogP contribution in [0.1, 0.15) is 17.3 Å². The number of sulfonamides is 1. The summed E-state index contributed by atoms with van der Waals surface area (Å²) < 4.78 is 27.1. The van der Waals surface area contributed by atoms with E-state index in [-0.39, 0.29) is 10.6 Å². The Bertz CT molecular complexity index is 755. The number of aliphatic hydroxyl groups excluding tert-OH is 1. The number of nitrogens with zero attached hydrogens (tertiary/aromatic N) is 2. The Labute approximate surface area is 122 Å². The lowest BCUT2D eigenvalue weighted by molar-refractivity contribution is 0.259. The molecule has 1 aromatic carbocycles. The van der Waals surface area contributed by atoms with Gasteiger partial charge in [-0.15, -0.1) is 0 Å². The molecule has 0 aliphatic heterocycles. The summed E-state index contributed by atoms with van der Waals surface area (Å²) >= 11 is 0. The number of aliphatic hydroxyl groups is 1. The van der Waals surface area contributed by atoms with E-state index < -0.39 is 22.7 Å². The normalized spacial score (nSPS) is 12.6. The number of hydrogen-bond acceptors (Lipinski definition) is 5. The van der Waals surface area contributed by atoms with Gasteiger partial charge in [-0.3, -0.25) is 0 Å². The summed E-state index contributed by atoms with van der Waals surface area (Å²) in [5, 5.41) is 18.3. The van der Waals surface area contributed by atoms with Crippen LogP contribution in [0.5, 0.6) is 0 Å². The molecule has 0 aliphatic carbocycles. The Hall–Kier alpha value is -2.27. The van der Waals surface area contributed by atoms with Gasteiger partial charge < -0.3 is 5.11 Å². The Balaban J connectivity index is 2.35. The standard InChI is InChI=1S/C14H13N3O3S/c15-9-12-14(7-4-8-16-12)21(19,20)17-13(10-18)11-5-2-1-3-6-11/h1-8,13,17-18H,10H2/t13-/m1/s1. The van der Waals surface area contributed by atoms with Gasteiger partial charge in [-0.1, -0.05) is 30.3 Å². The molecule has 0 aliphatic rings. The summed E-state index contributed by atoms with van der Waals surface area (Å²) in [6.45, 7) is -0.397. The molecule has 7 heteroatoms. The van der Waals surface area contributed by atoms with Crippen LogP contribution in [-0.2, 0) is 10.0 Å².